The second kappa shape index (κ2) is 11.7. The lowest BCUT2D eigenvalue weighted by atomic mass is 9.85. The third kappa shape index (κ3) is 8.02. The minimum absolute atomic E-state index is 0.0490. The second-order valence-electron chi connectivity index (χ2n) is 10.4. The molecular formula is C26H35F4N3O4S. The van der Waals surface area contributed by atoms with E-state index < -0.39 is 52.0 Å². The Kier molecular flexibility index (Phi) is 9.28. The molecule has 0 unspecified atom stereocenters. The van der Waals surface area contributed by atoms with Crippen molar-refractivity contribution in [1.82, 2.24) is 15.1 Å². The third-order valence-electron chi connectivity index (χ3n) is 7.17. The number of sulfone groups is 1. The Balaban J connectivity index is 1.72. The number of alkyl halides is 4. The number of hydrogen-bond donors (Lipinski definition) is 1. The molecule has 2 saturated heterocycles. The highest BCUT2D eigenvalue weighted by Crippen LogP contribution is 2.38. The zero-order valence-corrected chi connectivity index (χ0v) is 22.6. The van der Waals surface area contributed by atoms with Gasteiger partial charge in [-0.2, -0.15) is 13.2 Å². The maximum atomic E-state index is 15.7. The van der Waals surface area contributed by atoms with E-state index in [0.29, 0.717) is 0 Å². The van der Waals surface area contributed by atoms with Crippen LogP contribution in [0.3, 0.4) is 0 Å². The van der Waals surface area contributed by atoms with E-state index in [1.807, 2.05) is 25.1 Å². The maximum absolute atomic E-state index is 15.7. The van der Waals surface area contributed by atoms with Gasteiger partial charge in [0.25, 0.3) is 5.91 Å². The highest BCUT2D eigenvalue weighted by molar-refractivity contribution is 7.93. The molecule has 3 rings (SSSR count). The van der Waals surface area contributed by atoms with Crippen LogP contribution in [-0.4, -0.2) is 86.9 Å². The van der Waals surface area contributed by atoms with Gasteiger partial charge in [0, 0.05) is 56.2 Å². The predicted octanol–water partition coefficient (Wildman–Crippen LogP) is 3.36. The van der Waals surface area contributed by atoms with E-state index in [-0.39, 0.29) is 51.3 Å². The van der Waals surface area contributed by atoms with Crippen LogP contribution in [0.1, 0.15) is 43.2 Å². The summed E-state index contributed by atoms with van der Waals surface area (Å²) in [5, 5.41) is 3.41. The summed E-state index contributed by atoms with van der Waals surface area (Å²) in [6.45, 7) is 2.44. The van der Waals surface area contributed by atoms with Crippen LogP contribution in [0.2, 0.25) is 0 Å². The van der Waals surface area contributed by atoms with Gasteiger partial charge in [0.15, 0.2) is 15.5 Å². The average molecular weight is 562 g/mol. The van der Waals surface area contributed by atoms with Crippen molar-refractivity contribution in [1.29, 1.82) is 0 Å². The fourth-order valence-corrected chi connectivity index (χ4v) is 5.78. The molecule has 4 atom stereocenters. The zero-order valence-electron chi connectivity index (χ0n) is 21.8. The van der Waals surface area contributed by atoms with Gasteiger partial charge in [-0.25, -0.2) is 12.8 Å². The first-order chi connectivity index (χ1) is 17.6. The van der Waals surface area contributed by atoms with Gasteiger partial charge in [-0.1, -0.05) is 30.3 Å². The molecule has 212 valence electrons. The van der Waals surface area contributed by atoms with Crippen LogP contribution in [0.25, 0.3) is 0 Å². The van der Waals surface area contributed by atoms with E-state index in [2.05, 4.69) is 5.32 Å². The fourth-order valence-electron chi connectivity index (χ4n) is 5.26. The molecule has 1 aromatic carbocycles. The van der Waals surface area contributed by atoms with Gasteiger partial charge in [-0.3, -0.25) is 14.5 Å². The minimum Gasteiger partial charge on any atom is -0.347 e. The molecule has 2 fully saturated rings. The molecule has 12 heteroatoms. The molecule has 0 aromatic heterocycles. The Morgan fingerprint density at radius 1 is 1.18 bits per heavy atom. The first-order valence-electron chi connectivity index (χ1n) is 12.6. The lowest BCUT2D eigenvalue weighted by molar-refractivity contribution is -0.146. The number of hydrogen-bond acceptors (Lipinski definition) is 5. The largest absolute Gasteiger partial charge is 0.401 e. The fraction of sp³-hybridized carbons (Fsp3) is 0.615. The van der Waals surface area contributed by atoms with Crippen LogP contribution >= 0.6 is 0 Å². The van der Waals surface area contributed by atoms with Crippen molar-refractivity contribution in [2.45, 2.75) is 56.9 Å². The Morgan fingerprint density at radius 3 is 2.50 bits per heavy atom. The molecule has 38 heavy (non-hydrogen) atoms. The Morgan fingerprint density at radius 2 is 1.87 bits per heavy atom. The van der Waals surface area contributed by atoms with Gasteiger partial charge < -0.3 is 10.2 Å². The highest BCUT2D eigenvalue weighted by atomic mass is 32.2. The van der Waals surface area contributed by atoms with Crippen molar-refractivity contribution in [3.05, 3.63) is 46.9 Å². The number of amides is 2. The number of nitrogens with zero attached hydrogens (tertiary/aromatic N) is 2. The van der Waals surface area contributed by atoms with E-state index in [0.717, 1.165) is 22.8 Å². The van der Waals surface area contributed by atoms with Gasteiger partial charge in [-0.15, -0.1) is 0 Å². The number of likely N-dealkylation sites (tertiary alicyclic amines) is 2. The van der Waals surface area contributed by atoms with Crippen LogP contribution in [0, 0.1) is 12.8 Å². The van der Waals surface area contributed by atoms with Crippen LogP contribution in [0.15, 0.2) is 35.7 Å². The summed E-state index contributed by atoms with van der Waals surface area (Å²) >= 11 is 0. The van der Waals surface area contributed by atoms with E-state index in [1.165, 1.54) is 22.8 Å². The molecule has 1 N–H and O–H groups in total. The van der Waals surface area contributed by atoms with Crippen molar-refractivity contribution in [2.75, 3.05) is 39.0 Å². The molecule has 2 aliphatic heterocycles. The average Bonchev–Trinajstić information content (AvgIpc) is 3.09. The topological polar surface area (TPSA) is 86.8 Å². The van der Waals surface area contributed by atoms with Crippen LogP contribution < -0.4 is 5.32 Å². The molecule has 1 aromatic rings. The minimum atomic E-state index is -4.40. The van der Waals surface area contributed by atoms with Gasteiger partial charge in [0.05, 0.1) is 12.5 Å². The Bertz CT molecular complexity index is 1160. The number of benzene rings is 1. The van der Waals surface area contributed by atoms with Crippen molar-refractivity contribution in [3.8, 4) is 0 Å². The molecule has 7 nitrogen and oxygen atoms in total. The number of carbonyl (C=O) groups is 2. The molecule has 0 spiro atoms. The maximum Gasteiger partial charge on any atom is 0.401 e. The van der Waals surface area contributed by atoms with Crippen molar-refractivity contribution in [3.63, 3.8) is 0 Å². The standard InChI is InChI=1S/C26H35F4N3O4S/c1-18-7-4-5-8-20(18)21-15-32(17-26(28,29)30)16-22(21)23(34)33-12-6-10-25(27,11-13-33)24(35)31-19(2)9-14-38(3,36)37/h4-5,7-9,14,19,21-22H,6,10-13,15-17H2,1-3H3,(H,31,35)/b14-9-/t19-,21+,22+,25-/m1/s1. The van der Waals surface area contributed by atoms with E-state index in [9.17, 15) is 31.2 Å². The van der Waals surface area contributed by atoms with Crippen LogP contribution in [0.5, 0.6) is 0 Å². The molecule has 0 saturated carbocycles. The van der Waals surface area contributed by atoms with Crippen molar-refractivity contribution >= 4 is 21.7 Å². The zero-order chi connectivity index (χ0) is 28.3. The van der Waals surface area contributed by atoms with Gasteiger partial charge in [0.2, 0.25) is 5.91 Å². The molecule has 2 amide bonds. The lowest BCUT2D eigenvalue weighted by Gasteiger charge is -2.28. The van der Waals surface area contributed by atoms with Crippen LogP contribution in [-0.2, 0) is 19.4 Å². The monoisotopic (exact) mass is 561 g/mol. The van der Waals surface area contributed by atoms with Crippen LogP contribution in [0.4, 0.5) is 17.6 Å². The van der Waals surface area contributed by atoms with Gasteiger partial charge >= 0.3 is 6.18 Å². The summed E-state index contributed by atoms with van der Waals surface area (Å²) in [4.78, 5) is 29.0. The lowest BCUT2D eigenvalue weighted by Crippen LogP contribution is -2.47. The van der Waals surface area contributed by atoms with Crippen molar-refractivity contribution in [2.24, 2.45) is 5.92 Å². The SMILES string of the molecule is Cc1ccccc1[C@@H]1CN(CC(F)(F)F)C[C@@H]1C(=O)N1CCC[C@](F)(C(=O)N[C@H](C)/C=C\S(C)(=O)=O)CC1. The third-order valence-corrected chi connectivity index (χ3v) is 7.83. The first kappa shape index (κ1) is 30.1. The summed E-state index contributed by atoms with van der Waals surface area (Å²) < 4.78 is 77.8. The normalized spacial score (nSPS) is 26.3. The first-order valence-corrected chi connectivity index (χ1v) is 14.5. The predicted molar refractivity (Wildman–Crippen MR) is 136 cm³/mol. The molecular weight excluding hydrogens is 526 g/mol. The second-order valence-corrected chi connectivity index (χ2v) is 12.4. The molecule has 2 aliphatic rings. The number of rotatable bonds is 7. The smallest absolute Gasteiger partial charge is 0.347 e. The van der Waals surface area contributed by atoms with Gasteiger partial charge in [-0.05, 0) is 37.8 Å². The van der Waals surface area contributed by atoms with E-state index in [1.54, 1.807) is 6.07 Å². The van der Waals surface area contributed by atoms with Gasteiger partial charge in [0.1, 0.15) is 0 Å². The number of halogens is 4. The van der Waals surface area contributed by atoms with E-state index >= 15 is 4.39 Å². The Hall–Kier alpha value is -2.47. The molecule has 0 radical (unpaired) electrons. The molecule has 2 heterocycles. The number of aryl methyl sites for hydroxylation is 1. The summed E-state index contributed by atoms with van der Waals surface area (Å²) in [7, 11) is -3.40. The summed E-state index contributed by atoms with van der Waals surface area (Å²) in [5.41, 5.74) is -0.547. The number of nitrogens with one attached hydrogen (secondary N) is 1. The summed E-state index contributed by atoms with van der Waals surface area (Å²) in [6, 6.07) is 6.59. The highest BCUT2D eigenvalue weighted by Gasteiger charge is 2.46. The molecule has 0 bridgehead atoms. The number of carbonyl (C=O) groups excluding carboxylic acids is 2. The van der Waals surface area contributed by atoms with Crippen molar-refractivity contribution < 1.29 is 35.6 Å². The van der Waals surface area contributed by atoms with E-state index in [4.69, 9.17) is 0 Å². The Labute approximate surface area is 221 Å². The summed E-state index contributed by atoms with van der Waals surface area (Å²) in [5.74, 6) is -2.37. The quantitative estimate of drug-likeness (QED) is 0.516. The molecule has 0 aliphatic carbocycles. The summed E-state index contributed by atoms with van der Waals surface area (Å²) in [6.07, 6.45) is -2.33.